The van der Waals surface area contributed by atoms with Gasteiger partial charge in [0.05, 0.1) is 10.5 Å². The van der Waals surface area contributed by atoms with Gasteiger partial charge in [-0.2, -0.15) is 9.40 Å². The number of hydrogen-bond acceptors (Lipinski definition) is 6. The van der Waals surface area contributed by atoms with E-state index in [0.717, 1.165) is 29.3 Å². The van der Waals surface area contributed by atoms with Crippen LogP contribution >= 0.6 is 0 Å². The zero-order valence-corrected chi connectivity index (χ0v) is 20.1. The highest BCUT2D eigenvalue weighted by atomic mass is 32.2. The Balaban J connectivity index is 1.35. The van der Waals surface area contributed by atoms with Gasteiger partial charge in [-0.3, -0.25) is 9.89 Å². The van der Waals surface area contributed by atoms with E-state index < -0.39 is 32.5 Å². The summed E-state index contributed by atoms with van der Waals surface area (Å²) in [6.07, 6.45) is 1.97. The number of rotatable bonds is 6. The van der Waals surface area contributed by atoms with Crippen molar-refractivity contribution in [1.29, 1.82) is 0 Å². The maximum absolute atomic E-state index is 13.7. The summed E-state index contributed by atoms with van der Waals surface area (Å²) >= 11 is 0. The molecule has 5 rings (SSSR count). The number of carbonyl (C=O) groups excluding carboxylic acids is 1. The molecular formula is C24H25F2N5O4S. The maximum Gasteiger partial charge on any atom is 0.258 e. The monoisotopic (exact) mass is 517 g/mol. The van der Waals surface area contributed by atoms with E-state index in [2.05, 4.69) is 20.8 Å². The molecule has 0 bridgehead atoms. The number of fused-ring (bicyclic) bond motifs is 1. The number of nitrogens with one attached hydrogen (secondary N) is 3. The number of anilines is 2. The van der Waals surface area contributed by atoms with Crippen LogP contribution in [0.1, 0.15) is 34.5 Å². The van der Waals surface area contributed by atoms with Crippen molar-refractivity contribution in [2.45, 2.75) is 36.7 Å². The second-order valence-electron chi connectivity index (χ2n) is 8.75. The van der Waals surface area contributed by atoms with Gasteiger partial charge in [0.25, 0.3) is 5.91 Å². The molecule has 190 valence electrons. The fourth-order valence-corrected chi connectivity index (χ4v) is 5.90. The van der Waals surface area contributed by atoms with E-state index in [1.807, 2.05) is 12.1 Å². The number of amides is 1. The van der Waals surface area contributed by atoms with Crippen LogP contribution in [0.25, 0.3) is 0 Å². The third-order valence-electron chi connectivity index (χ3n) is 6.36. The molecule has 1 aromatic heterocycles. The van der Waals surface area contributed by atoms with E-state index in [1.165, 1.54) is 0 Å². The number of halogens is 2. The lowest BCUT2D eigenvalue weighted by atomic mass is 10.1. The zero-order chi connectivity index (χ0) is 25.3. The van der Waals surface area contributed by atoms with Gasteiger partial charge in [0.2, 0.25) is 10.0 Å². The number of nitrogens with zero attached hydrogens (tertiary/aromatic N) is 2. The molecule has 1 amide bonds. The minimum Gasteiger partial charge on any atom is -0.381 e. The summed E-state index contributed by atoms with van der Waals surface area (Å²) in [5, 5.41) is 13.2. The first-order valence-electron chi connectivity index (χ1n) is 11.6. The topological polar surface area (TPSA) is 116 Å². The number of aromatic amines is 1. The van der Waals surface area contributed by atoms with Gasteiger partial charge in [0.15, 0.2) is 5.82 Å². The van der Waals surface area contributed by atoms with Crippen LogP contribution in [-0.4, -0.2) is 54.6 Å². The van der Waals surface area contributed by atoms with Gasteiger partial charge in [-0.1, -0.05) is 12.1 Å². The van der Waals surface area contributed by atoms with Crippen molar-refractivity contribution in [3.8, 4) is 0 Å². The lowest BCUT2D eigenvalue weighted by molar-refractivity contribution is 0.0904. The van der Waals surface area contributed by atoms with Crippen molar-refractivity contribution in [2.24, 2.45) is 0 Å². The number of aromatic nitrogens is 2. The first-order valence-corrected chi connectivity index (χ1v) is 13.0. The number of H-pyrrole nitrogens is 1. The maximum atomic E-state index is 13.7. The van der Waals surface area contributed by atoms with Crippen LogP contribution in [0.15, 0.2) is 47.4 Å². The van der Waals surface area contributed by atoms with E-state index in [1.54, 1.807) is 12.1 Å². The Hall–Kier alpha value is -3.35. The van der Waals surface area contributed by atoms with Gasteiger partial charge in [-0.05, 0) is 37.1 Å². The van der Waals surface area contributed by atoms with Crippen molar-refractivity contribution < 1.29 is 26.7 Å². The van der Waals surface area contributed by atoms with Crippen LogP contribution in [-0.2, 0) is 27.7 Å². The Morgan fingerprint density at radius 1 is 1.11 bits per heavy atom. The third kappa shape index (κ3) is 4.97. The molecule has 9 nitrogen and oxygen atoms in total. The summed E-state index contributed by atoms with van der Waals surface area (Å²) < 4.78 is 60.0. The minimum atomic E-state index is -4.17. The Kier molecular flexibility index (Phi) is 6.73. The average molecular weight is 518 g/mol. The first-order chi connectivity index (χ1) is 17.3. The third-order valence-corrected chi connectivity index (χ3v) is 8.18. The highest BCUT2D eigenvalue weighted by molar-refractivity contribution is 7.89. The predicted molar refractivity (Wildman–Crippen MR) is 128 cm³/mol. The van der Waals surface area contributed by atoms with Crippen LogP contribution in [0, 0.1) is 11.6 Å². The molecule has 0 saturated carbocycles. The Morgan fingerprint density at radius 3 is 2.58 bits per heavy atom. The van der Waals surface area contributed by atoms with E-state index in [4.69, 9.17) is 4.74 Å². The summed E-state index contributed by atoms with van der Waals surface area (Å²) in [6.45, 7) is 1.31. The molecule has 3 heterocycles. The molecular weight excluding hydrogens is 492 g/mol. The zero-order valence-electron chi connectivity index (χ0n) is 19.3. The van der Waals surface area contributed by atoms with Gasteiger partial charge in [-0.25, -0.2) is 17.2 Å². The number of sulfonamides is 1. The van der Waals surface area contributed by atoms with Gasteiger partial charge in [0, 0.05) is 61.8 Å². The lowest BCUT2D eigenvalue weighted by Crippen LogP contribution is -2.36. The van der Waals surface area contributed by atoms with Gasteiger partial charge >= 0.3 is 0 Å². The first kappa shape index (κ1) is 24.3. The molecule has 1 fully saturated rings. The molecule has 0 atom stereocenters. The van der Waals surface area contributed by atoms with E-state index in [0.29, 0.717) is 48.2 Å². The van der Waals surface area contributed by atoms with E-state index in [9.17, 15) is 22.0 Å². The molecule has 36 heavy (non-hydrogen) atoms. The number of benzene rings is 2. The van der Waals surface area contributed by atoms with E-state index in [-0.39, 0.29) is 24.9 Å². The second-order valence-corrected chi connectivity index (χ2v) is 10.7. The molecule has 1 saturated heterocycles. The number of para-hydroxylation sites is 1. The highest BCUT2D eigenvalue weighted by Gasteiger charge is 2.32. The summed E-state index contributed by atoms with van der Waals surface area (Å²) in [4.78, 5) is 12.7. The van der Waals surface area contributed by atoms with Gasteiger partial charge < -0.3 is 15.4 Å². The molecule has 0 aliphatic carbocycles. The Morgan fingerprint density at radius 2 is 1.83 bits per heavy atom. The smallest absolute Gasteiger partial charge is 0.258 e. The molecule has 12 heteroatoms. The predicted octanol–water partition coefficient (Wildman–Crippen LogP) is 3.28. The number of ether oxygens (including phenoxy) is 1. The van der Waals surface area contributed by atoms with Crippen molar-refractivity contribution in [3.63, 3.8) is 0 Å². The highest BCUT2D eigenvalue weighted by Crippen LogP contribution is 2.29. The SMILES string of the molecule is O=C(Nc1n[nH]c2c1CN(S(=O)(=O)c1cc(F)cc(F)c1)CC2)c1ccccc1NC1CCOCC1. The van der Waals surface area contributed by atoms with Crippen LogP contribution < -0.4 is 10.6 Å². The molecule has 0 spiro atoms. The summed E-state index contributed by atoms with van der Waals surface area (Å²) in [7, 11) is -4.17. The number of carbonyl (C=O) groups is 1. The van der Waals surface area contributed by atoms with Crippen LogP contribution in [0.2, 0.25) is 0 Å². The van der Waals surface area contributed by atoms with Crippen molar-refractivity contribution in [2.75, 3.05) is 30.4 Å². The number of hydrogen-bond donors (Lipinski definition) is 3. The standard InChI is InChI=1S/C24H25F2N5O4S/c25-15-11-16(26)13-18(12-15)36(33,34)31-8-5-22-20(14-31)23(30-29-22)28-24(32)19-3-1-2-4-21(19)27-17-6-9-35-10-7-17/h1-4,11-13,17,27H,5-10,14H2,(H2,28,29,30,32). The molecule has 0 unspecified atom stereocenters. The molecule has 2 aliphatic rings. The molecule has 2 aliphatic heterocycles. The van der Waals surface area contributed by atoms with Crippen LogP contribution in [0.4, 0.5) is 20.3 Å². The summed E-state index contributed by atoms with van der Waals surface area (Å²) in [6, 6.07) is 9.51. The molecule has 0 radical (unpaired) electrons. The fraction of sp³-hybridized carbons (Fsp3) is 0.333. The molecule has 3 aromatic rings. The Labute approximate surface area is 206 Å². The van der Waals surface area contributed by atoms with Crippen molar-refractivity contribution in [3.05, 3.63) is 70.9 Å². The van der Waals surface area contributed by atoms with E-state index >= 15 is 0 Å². The summed E-state index contributed by atoms with van der Waals surface area (Å²) in [5.74, 6) is -2.14. The van der Waals surface area contributed by atoms with Crippen molar-refractivity contribution in [1.82, 2.24) is 14.5 Å². The quantitative estimate of drug-likeness (QED) is 0.462. The van der Waals surface area contributed by atoms with Gasteiger partial charge in [0.1, 0.15) is 11.6 Å². The van der Waals surface area contributed by atoms with Crippen molar-refractivity contribution >= 4 is 27.4 Å². The molecule has 3 N–H and O–H groups in total. The fourth-order valence-electron chi connectivity index (χ4n) is 4.45. The normalized spacial score (nSPS) is 16.9. The average Bonchev–Trinajstić information content (AvgIpc) is 3.26. The van der Waals surface area contributed by atoms with Crippen LogP contribution in [0.3, 0.4) is 0 Å². The second kappa shape index (κ2) is 9.96. The minimum absolute atomic E-state index is 0.0981. The van der Waals surface area contributed by atoms with Gasteiger partial charge in [-0.15, -0.1) is 0 Å². The lowest BCUT2D eigenvalue weighted by Gasteiger charge is -2.26. The largest absolute Gasteiger partial charge is 0.381 e. The summed E-state index contributed by atoms with van der Waals surface area (Å²) in [5.41, 5.74) is 2.31. The Bertz CT molecular complexity index is 1370. The molecule has 2 aromatic carbocycles. The van der Waals surface area contributed by atoms with Crippen LogP contribution in [0.5, 0.6) is 0 Å².